The van der Waals surface area contributed by atoms with Gasteiger partial charge in [-0.3, -0.25) is 3.93 Å². The van der Waals surface area contributed by atoms with Gasteiger partial charge in [0.25, 0.3) is 0 Å². The highest BCUT2D eigenvalue weighted by atomic mass is 79.9. The molecule has 2 N–H and O–H groups in total. The highest BCUT2D eigenvalue weighted by Gasteiger charge is 2.16. The van der Waals surface area contributed by atoms with E-state index in [2.05, 4.69) is 32.2 Å². The van der Waals surface area contributed by atoms with Gasteiger partial charge >= 0.3 is 0 Å². The van der Waals surface area contributed by atoms with Gasteiger partial charge in [0, 0.05) is 11.8 Å². The highest BCUT2D eigenvalue weighted by molar-refractivity contribution is 9.10. The van der Waals surface area contributed by atoms with Gasteiger partial charge in [0.2, 0.25) is 5.95 Å². The number of anilines is 3. The van der Waals surface area contributed by atoms with Gasteiger partial charge in [-0.25, -0.2) is 4.98 Å². The number of halogens is 1. The van der Waals surface area contributed by atoms with E-state index in [0.29, 0.717) is 19.0 Å². The van der Waals surface area contributed by atoms with E-state index >= 15 is 0 Å². The summed E-state index contributed by atoms with van der Waals surface area (Å²) in [4.78, 5) is 8.90. The van der Waals surface area contributed by atoms with Gasteiger partial charge in [-0.2, -0.15) is 4.98 Å². The number of fused-ring (bicyclic) bond motifs is 2. The van der Waals surface area contributed by atoms with Crippen molar-refractivity contribution in [3.63, 3.8) is 0 Å². The second-order valence-corrected chi connectivity index (χ2v) is 7.67. The van der Waals surface area contributed by atoms with E-state index in [4.69, 9.17) is 15.2 Å². The summed E-state index contributed by atoms with van der Waals surface area (Å²) in [6, 6.07) is 22.0. The number of hydrogen-bond acceptors (Lipinski definition) is 6. The predicted molar refractivity (Wildman–Crippen MR) is 123 cm³/mol. The normalized spacial score (nSPS) is 13.1. The van der Waals surface area contributed by atoms with Gasteiger partial charge in [0.05, 0.1) is 40.6 Å². The molecule has 2 heterocycles. The first-order valence-corrected chi connectivity index (χ1v) is 10.4. The summed E-state index contributed by atoms with van der Waals surface area (Å²) in [6.45, 7) is 1.33. The Bertz CT molecular complexity index is 1220. The average molecular weight is 463 g/mol. The van der Waals surface area contributed by atoms with Crippen LogP contribution in [0.3, 0.4) is 0 Å². The van der Waals surface area contributed by atoms with Crippen LogP contribution in [0, 0.1) is 0 Å². The summed E-state index contributed by atoms with van der Waals surface area (Å²) in [7, 11) is 0. The second-order valence-electron chi connectivity index (χ2n) is 6.97. The molecule has 0 unspecified atom stereocenters. The van der Waals surface area contributed by atoms with E-state index in [-0.39, 0.29) is 5.95 Å². The maximum Gasteiger partial charge on any atom is 0.222 e. The lowest BCUT2D eigenvalue weighted by molar-refractivity contribution is 0.297. The van der Waals surface area contributed by atoms with Crippen LogP contribution >= 0.6 is 16.1 Å². The van der Waals surface area contributed by atoms with E-state index in [1.165, 1.54) is 0 Å². The smallest absolute Gasteiger partial charge is 0.222 e. The zero-order valence-electron chi connectivity index (χ0n) is 16.1. The van der Waals surface area contributed by atoms with E-state index in [0.717, 1.165) is 45.6 Å². The molecular weight excluding hydrogens is 444 g/mol. The number of para-hydroxylation sites is 1. The maximum atomic E-state index is 5.98. The molecule has 0 bridgehead atoms. The quantitative estimate of drug-likeness (QED) is 0.405. The molecule has 0 saturated heterocycles. The molecule has 0 spiro atoms. The molecule has 0 aliphatic carbocycles. The molecule has 30 heavy (non-hydrogen) atoms. The van der Waals surface area contributed by atoms with Crippen LogP contribution in [0.4, 0.5) is 17.5 Å². The molecule has 0 radical (unpaired) electrons. The predicted octanol–water partition coefficient (Wildman–Crippen LogP) is 5.49. The number of benzene rings is 3. The lowest BCUT2D eigenvalue weighted by Gasteiger charge is -2.18. The topological polar surface area (TPSA) is 73.5 Å². The van der Waals surface area contributed by atoms with Gasteiger partial charge in [-0.1, -0.05) is 30.3 Å². The standard InChI is InChI=1S/C23H19BrN4O2/c24-28(17-5-2-1-3-6-17)22-18-13-15(7-9-19(18)26-23(25)27-22)16-8-10-20-21(14-16)30-12-4-11-29-20/h1-3,5-10,13-14H,4,11-12H2,(H2,25,26,27). The number of nitrogen functional groups attached to an aromatic ring is 1. The third-order valence-electron chi connectivity index (χ3n) is 4.94. The van der Waals surface area contributed by atoms with Crippen molar-refractivity contribution in [3.8, 4) is 22.6 Å². The maximum absolute atomic E-state index is 5.98. The number of nitrogens with zero attached hydrogens (tertiary/aromatic N) is 3. The molecule has 0 amide bonds. The Morgan fingerprint density at radius 1 is 0.833 bits per heavy atom. The number of aromatic nitrogens is 2. The molecule has 4 aromatic rings. The summed E-state index contributed by atoms with van der Waals surface area (Å²) in [5.41, 5.74) is 9.76. The van der Waals surface area contributed by atoms with Crippen LogP contribution in [0.5, 0.6) is 11.5 Å². The monoisotopic (exact) mass is 462 g/mol. The van der Waals surface area contributed by atoms with Crippen LogP contribution in [0.15, 0.2) is 66.7 Å². The molecule has 0 saturated carbocycles. The van der Waals surface area contributed by atoms with Crippen LogP contribution in [0.25, 0.3) is 22.0 Å². The third kappa shape index (κ3) is 3.52. The molecule has 6 nitrogen and oxygen atoms in total. The van der Waals surface area contributed by atoms with Crippen LogP contribution in [0.1, 0.15) is 6.42 Å². The van der Waals surface area contributed by atoms with E-state index in [1.54, 1.807) is 0 Å². The van der Waals surface area contributed by atoms with Crippen molar-refractivity contribution in [2.24, 2.45) is 0 Å². The van der Waals surface area contributed by atoms with Crippen molar-refractivity contribution < 1.29 is 9.47 Å². The van der Waals surface area contributed by atoms with E-state index in [9.17, 15) is 0 Å². The van der Waals surface area contributed by atoms with E-state index < -0.39 is 0 Å². The lowest BCUT2D eigenvalue weighted by atomic mass is 10.0. The van der Waals surface area contributed by atoms with Gasteiger partial charge in [-0.15, -0.1) is 0 Å². The van der Waals surface area contributed by atoms with Gasteiger partial charge in [-0.05, 0) is 47.5 Å². The van der Waals surface area contributed by atoms with Crippen molar-refractivity contribution in [2.45, 2.75) is 6.42 Å². The molecule has 1 aromatic heterocycles. The lowest BCUT2D eigenvalue weighted by Crippen LogP contribution is -2.07. The fourth-order valence-electron chi connectivity index (χ4n) is 3.48. The Morgan fingerprint density at radius 3 is 2.40 bits per heavy atom. The van der Waals surface area contributed by atoms with Gasteiger partial charge < -0.3 is 15.2 Å². The number of hydrogen-bond donors (Lipinski definition) is 1. The summed E-state index contributed by atoms with van der Waals surface area (Å²) in [5.74, 6) is 2.45. The SMILES string of the molecule is Nc1nc(N(Br)c2ccccc2)c2cc(-c3ccc4c(c3)OCCCO4)ccc2n1. The second kappa shape index (κ2) is 7.84. The summed E-state index contributed by atoms with van der Waals surface area (Å²) in [6.07, 6.45) is 0.878. The Morgan fingerprint density at radius 2 is 1.57 bits per heavy atom. The van der Waals surface area contributed by atoms with Crippen molar-refractivity contribution in [1.29, 1.82) is 0 Å². The molecule has 0 atom stereocenters. The Kier molecular flexibility index (Phi) is 4.88. The van der Waals surface area contributed by atoms with Gasteiger partial charge in [0.15, 0.2) is 17.3 Å². The van der Waals surface area contributed by atoms with Gasteiger partial charge in [0.1, 0.15) is 0 Å². The summed E-state index contributed by atoms with van der Waals surface area (Å²) in [5, 5.41) is 0.884. The zero-order valence-corrected chi connectivity index (χ0v) is 17.7. The molecular formula is C23H19BrN4O2. The minimum Gasteiger partial charge on any atom is -0.490 e. The van der Waals surface area contributed by atoms with Crippen LogP contribution in [-0.2, 0) is 0 Å². The fourth-order valence-corrected chi connectivity index (χ4v) is 3.99. The number of ether oxygens (including phenoxy) is 2. The molecule has 0 fully saturated rings. The number of nitrogens with two attached hydrogens (primary N) is 1. The summed E-state index contributed by atoms with van der Waals surface area (Å²) >= 11 is 3.64. The third-order valence-corrected chi connectivity index (χ3v) is 5.69. The van der Waals surface area contributed by atoms with Crippen LogP contribution < -0.4 is 19.1 Å². The first-order chi connectivity index (χ1) is 14.7. The minimum absolute atomic E-state index is 0.223. The molecule has 3 aromatic carbocycles. The van der Waals surface area contributed by atoms with Crippen molar-refractivity contribution in [2.75, 3.05) is 22.9 Å². The first-order valence-electron chi connectivity index (χ1n) is 9.67. The molecule has 1 aliphatic rings. The van der Waals surface area contributed by atoms with Crippen LogP contribution in [0.2, 0.25) is 0 Å². The Hall–Kier alpha value is -3.32. The molecule has 5 rings (SSSR count). The summed E-state index contributed by atoms with van der Waals surface area (Å²) < 4.78 is 13.4. The molecule has 1 aliphatic heterocycles. The average Bonchev–Trinajstić information content (AvgIpc) is 3.03. The van der Waals surface area contributed by atoms with Crippen molar-refractivity contribution in [1.82, 2.24) is 9.97 Å². The minimum atomic E-state index is 0.223. The van der Waals surface area contributed by atoms with E-state index in [1.807, 2.05) is 64.6 Å². The first kappa shape index (κ1) is 18.7. The Labute approximate surface area is 182 Å². The largest absolute Gasteiger partial charge is 0.490 e. The molecule has 7 heteroatoms. The zero-order chi connectivity index (χ0) is 20.5. The number of rotatable bonds is 3. The van der Waals surface area contributed by atoms with Crippen molar-refractivity contribution in [3.05, 3.63) is 66.7 Å². The highest BCUT2D eigenvalue weighted by Crippen LogP contribution is 2.38. The van der Waals surface area contributed by atoms with Crippen molar-refractivity contribution >= 4 is 44.5 Å². The Balaban J connectivity index is 1.62. The fraction of sp³-hybridized carbons (Fsp3) is 0.130. The molecule has 150 valence electrons. The van der Waals surface area contributed by atoms with Crippen LogP contribution in [-0.4, -0.2) is 23.2 Å².